The molecule has 0 radical (unpaired) electrons. The second kappa shape index (κ2) is 6.07. The minimum atomic E-state index is 0.851. The Morgan fingerprint density at radius 1 is 1.24 bits per heavy atom. The fraction of sp³-hybridized carbons (Fsp3) is 0.0769. The van der Waals surface area contributed by atoms with Gasteiger partial charge in [0.15, 0.2) is 18.9 Å². The molecule has 0 aliphatic heterocycles. The molecule has 1 aromatic heterocycles. The van der Waals surface area contributed by atoms with Crippen LogP contribution in [0.3, 0.4) is 0 Å². The summed E-state index contributed by atoms with van der Waals surface area (Å²) in [5.74, 6) is 0. The lowest BCUT2D eigenvalue weighted by Crippen LogP contribution is -2.33. The number of aromatic nitrogens is 2. The average Bonchev–Trinajstić information content (AvgIpc) is 2.30. The van der Waals surface area contributed by atoms with Crippen LogP contribution in [0.15, 0.2) is 52.3 Å². The van der Waals surface area contributed by atoms with E-state index in [2.05, 4.69) is 53.5 Å². The number of halogens is 2. The van der Waals surface area contributed by atoms with E-state index in [0.717, 1.165) is 15.6 Å². The summed E-state index contributed by atoms with van der Waals surface area (Å²) < 4.78 is 2.99. The van der Waals surface area contributed by atoms with Crippen LogP contribution < -0.4 is 4.57 Å². The van der Waals surface area contributed by atoms with E-state index in [1.807, 2.05) is 36.7 Å². The summed E-state index contributed by atoms with van der Waals surface area (Å²) in [7, 11) is 0. The number of rotatable bonds is 3. The topological polar surface area (TPSA) is 16.8 Å². The number of hydrogen-bond donors (Lipinski definition) is 0. The second-order valence-electron chi connectivity index (χ2n) is 3.57. The Bertz CT molecular complexity index is 520. The Morgan fingerprint density at radius 2 is 2.00 bits per heavy atom. The molecule has 0 aliphatic carbocycles. The molecule has 2 rings (SSSR count). The molecule has 17 heavy (non-hydrogen) atoms. The van der Waals surface area contributed by atoms with Crippen LogP contribution in [-0.2, 0) is 6.54 Å². The highest BCUT2D eigenvalue weighted by Crippen LogP contribution is 2.15. The fourth-order valence-electron chi connectivity index (χ4n) is 1.53. The normalized spacial score (nSPS) is 10.0. The minimum absolute atomic E-state index is 0.851. The van der Waals surface area contributed by atoms with Crippen LogP contribution in [0, 0.1) is 0 Å². The van der Waals surface area contributed by atoms with Gasteiger partial charge in [-0.25, -0.2) is 4.98 Å². The zero-order chi connectivity index (χ0) is 12.1. The molecule has 0 bridgehead atoms. The number of benzene rings is 1. The van der Waals surface area contributed by atoms with Gasteiger partial charge in [-0.3, -0.25) is 0 Å². The van der Waals surface area contributed by atoms with E-state index in [4.69, 9.17) is 0 Å². The van der Waals surface area contributed by atoms with Crippen molar-refractivity contribution in [1.82, 2.24) is 4.98 Å². The van der Waals surface area contributed by atoms with Gasteiger partial charge in [0.05, 0.1) is 9.59 Å². The maximum atomic E-state index is 4.26. The summed E-state index contributed by atoms with van der Waals surface area (Å²) >= 11 is 6.66. The molecule has 0 atom stereocenters. The third kappa shape index (κ3) is 4.06. The van der Waals surface area contributed by atoms with Gasteiger partial charge in [0, 0.05) is 5.56 Å². The molecule has 2 aromatic rings. The highest BCUT2D eigenvalue weighted by Gasteiger charge is 2.03. The van der Waals surface area contributed by atoms with Gasteiger partial charge in [-0.15, -0.1) is 0 Å². The predicted octanol–water partition coefficient (Wildman–Crippen LogP) is 3.51. The lowest BCUT2D eigenvalue weighted by molar-refractivity contribution is -0.689. The van der Waals surface area contributed by atoms with Crippen LogP contribution in [0.2, 0.25) is 0 Å². The Kier molecular flexibility index (Phi) is 4.45. The zero-order valence-electron chi connectivity index (χ0n) is 9.05. The summed E-state index contributed by atoms with van der Waals surface area (Å²) in [6, 6.07) is 10.4. The van der Waals surface area contributed by atoms with Crippen LogP contribution >= 0.6 is 31.9 Å². The number of hydrogen-bond acceptors (Lipinski definition) is 1. The monoisotopic (exact) mass is 353 g/mol. The first-order valence-corrected chi connectivity index (χ1v) is 6.74. The molecule has 0 amide bonds. The third-order valence-electron chi connectivity index (χ3n) is 2.24. The first-order valence-electron chi connectivity index (χ1n) is 5.16. The standard InChI is InChI=1S/C13H11Br2N2/c14-13(15)8-12-10-17(7-6-16-12)9-11-4-2-1-3-5-11/h1-8,10H,9H2/q+1. The van der Waals surface area contributed by atoms with Crippen molar-refractivity contribution < 1.29 is 4.57 Å². The molecule has 0 saturated heterocycles. The predicted molar refractivity (Wildman–Crippen MR) is 75.8 cm³/mol. The van der Waals surface area contributed by atoms with Crippen molar-refractivity contribution >= 4 is 37.9 Å². The van der Waals surface area contributed by atoms with Crippen molar-refractivity contribution in [3.8, 4) is 0 Å². The Morgan fingerprint density at radius 3 is 2.71 bits per heavy atom. The summed E-state index contributed by atoms with van der Waals surface area (Å²) in [4.78, 5) is 4.26. The van der Waals surface area contributed by atoms with Gasteiger partial charge in [0.1, 0.15) is 5.69 Å². The zero-order valence-corrected chi connectivity index (χ0v) is 12.2. The molecule has 0 saturated carbocycles. The molecule has 0 unspecified atom stereocenters. The molecule has 86 valence electrons. The number of nitrogens with zero attached hydrogens (tertiary/aromatic N) is 2. The van der Waals surface area contributed by atoms with Crippen molar-refractivity contribution in [2.75, 3.05) is 0 Å². The Hall–Kier alpha value is -1.00. The van der Waals surface area contributed by atoms with Crippen LogP contribution in [0.1, 0.15) is 11.3 Å². The van der Waals surface area contributed by atoms with Gasteiger partial charge in [0.25, 0.3) is 0 Å². The maximum absolute atomic E-state index is 4.26. The van der Waals surface area contributed by atoms with E-state index in [9.17, 15) is 0 Å². The fourth-order valence-corrected chi connectivity index (χ4v) is 2.00. The Labute approximate surface area is 117 Å². The second-order valence-corrected chi connectivity index (χ2v) is 6.35. The van der Waals surface area contributed by atoms with Crippen LogP contribution in [-0.4, -0.2) is 4.98 Å². The largest absolute Gasteiger partial charge is 0.244 e. The van der Waals surface area contributed by atoms with Crippen molar-refractivity contribution in [2.45, 2.75) is 6.54 Å². The first kappa shape index (κ1) is 12.5. The van der Waals surface area contributed by atoms with E-state index in [-0.39, 0.29) is 0 Å². The van der Waals surface area contributed by atoms with E-state index in [0.29, 0.717) is 0 Å². The Balaban J connectivity index is 2.20. The van der Waals surface area contributed by atoms with Gasteiger partial charge in [-0.1, -0.05) is 30.3 Å². The minimum Gasteiger partial charge on any atom is -0.244 e. The van der Waals surface area contributed by atoms with Gasteiger partial charge < -0.3 is 0 Å². The highest BCUT2D eigenvalue weighted by atomic mass is 79.9. The highest BCUT2D eigenvalue weighted by molar-refractivity contribution is 9.28. The van der Waals surface area contributed by atoms with E-state index in [1.165, 1.54) is 5.56 Å². The molecular formula is C13H11Br2N2+. The lowest BCUT2D eigenvalue weighted by atomic mass is 10.2. The molecular weight excluding hydrogens is 344 g/mol. The van der Waals surface area contributed by atoms with E-state index < -0.39 is 0 Å². The molecule has 2 nitrogen and oxygen atoms in total. The SMILES string of the molecule is BrC(Br)=Cc1c[n+](Cc2ccccc2)ccn1. The summed E-state index contributed by atoms with van der Waals surface area (Å²) in [6.07, 6.45) is 7.70. The lowest BCUT2D eigenvalue weighted by Gasteiger charge is -1.98. The summed E-state index contributed by atoms with van der Waals surface area (Å²) in [6.45, 7) is 0.851. The first-order chi connectivity index (χ1) is 8.24. The van der Waals surface area contributed by atoms with Crippen LogP contribution in [0.4, 0.5) is 0 Å². The van der Waals surface area contributed by atoms with Crippen LogP contribution in [0.5, 0.6) is 0 Å². The van der Waals surface area contributed by atoms with Gasteiger partial charge >= 0.3 is 0 Å². The van der Waals surface area contributed by atoms with Gasteiger partial charge in [-0.05, 0) is 37.9 Å². The van der Waals surface area contributed by atoms with Gasteiger partial charge in [0.2, 0.25) is 0 Å². The molecule has 4 heteroatoms. The van der Waals surface area contributed by atoms with E-state index >= 15 is 0 Å². The van der Waals surface area contributed by atoms with Crippen molar-refractivity contribution in [2.24, 2.45) is 0 Å². The third-order valence-corrected chi connectivity index (χ3v) is 2.70. The summed E-state index contributed by atoms with van der Waals surface area (Å²) in [5, 5.41) is 0. The molecule has 0 spiro atoms. The molecule has 0 fully saturated rings. The quantitative estimate of drug-likeness (QED) is 0.771. The summed E-state index contributed by atoms with van der Waals surface area (Å²) in [5.41, 5.74) is 2.18. The van der Waals surface area contributed by atoms with Crippen molar-refractivity contribution in [3.05, 3.63) is 63.6 Å². The van der Waals surface area contributed by atoms with Gasteiger partial charge in [-0.2, -0.15) is 4.57 Å². The molecule has 1 aromatic carbocycles. The molecule has 1 heterocycles. The van der Waals surface area contributed by atoms with Crippen LogP contribution in [0.25, 0.3) is 6.08 Å². The average molecular weight is 355 g/mol. The maximum Gasteiger partial charge on any atom is 0.195 e. The molecule has 0 aliphatic rings. The molecule has 0 N–H and O–H groups in total. The van der Waals surface area contributed by atoms with Crippen molar-refractivity contribution in [1.29, 1.82) is 0 Å². The van der Waals surface area contributed by atoms with E-state index in [1.54, 1.807) is 6.20 Å². The smallest absolute Gasteiger partial charge is 0.195 e. The van der Waals surface area contributed by atoms with Crippen molar-refractivity contribution in [3.63, 3.8) is 0 Å².